The Bertz CT molecular complexity index is 1220. The normalized spacial score (nSPS) is 19.4. The van der Waals surface area contributed by atoms with E-state index < -0.39 is 21.9 Å². The lowest BCUT2D eigenvalue weighted by Gasteiger charge is -2.40. The van der Waals surface area contributed by atoms with Crippen LogP contribution in [-0.2, 0) is 19.6 Å². The first-order chi connectivity index (χ1) is 15.6. The lowest BCUT2D eigenvalue weighted by molar-refractivity contribution is -0.117. The molecule has 2 aromatic carbocycles. The van der Waals surface area contributed by atoms with Crippen LogP contribution in [0.15, 0.2) is 36.4 Å². The van der Waals surface area contributed by atoms with Crippen LogP contribution in [0, 0.1) is 5.82 Å². The second-order valence-corrected chi connectivity index (χ2v) is 10.2. The molecule has 33 heavy (non-hydrogen) atoms. The summed E-state index contributed by atoms with van der Waals surface area (Å²) in [7, 11) is -3.50. The van der Waals surface area contributed by atoms with Crippen LogP contribution in [0.2, 0.25) is 0 Å². The molecule has 2 aliphatic rings. The Labute approximate surface area is 192 Å². The van der Waals surface area contributed by atoms with Crippen LogP contribution in [0.25, 0.3) is 11.1 Å². The molecule has 8 nitrogen and oxygen atoms in total. The highest BCUT2D eigenvalue weighted by molar-refractivity contribution is 7.93. The van der Waals surface area contributed by atoms with Crippen LogP contribution in [0.1, 0.15) is 27.2 Å². The van der Waals surface area contributed by atoms with Gasteiger partial charge in [0.25, 0.3) is 0 Å². The fraction of sp³-hybridized carbons (Fsp3) is 0.391. The molecule has 2 aliphatic heterocycles. The quantitative estimate of drug-likeness (QED) is 0.675. The molecule has 2 amide bonds. The van der Waals surface area contributed by atoms with Crippen LogP contribution in [-0.4, -0.2) is 51.9 Å². The Morgan fingerprint density at radius 1 is 1.09 bits per heavy atom. The topological polar surface area (TPSA) is 87.2 Å². The summed E-state index contributed by atoms with van der Waals surface area (Å²) < 4.78 is 45.6. The van der Waals surface area contributed by atoms with Crippen LogP contribution in [0.4, 0.5) is 26.2 Å². The Hall–Kier alpha value is -3.14. The number of carbonyl (C=O) groups is 2. The van der Waals surface area contributed by atoms with Gasteiger partial charge >= 0.3 is 6.09 Å². The van der Waals surface area contributed by atoms with E-state index in [0.717, 1.165) is 4.31 Å². The van der Waals surface area contributed by atoms with Crippen molar-refractivity contribution in [3.05, 3.63) is 42.2 Å². The highest BCUT2D eigenvalue weighted by atomic mass is 32.2. The lowest BCUT2D eigenvalue weighted by atomic mass is 10.0. The van der Waals surface area contributed by atoms with Crippen molar-refractivity contribution < 1.29 is 27.1 Å². The number of carbonyl (C=O) groups excluding carboxylic acids is 2. The van der Waals surface area contributed by atoms with Gasteiger partial charge in [0, 0.05) is 20.0 Å². The summed E-state index contributed by atoms with van der Waals surface area (Å²) >= 11 is 0. The third-order valence-corrected chi connectivity index (χ3v) is 7.75. The first-order valence-electron chi connectivity index (χ1n) is 10.8. The number of nitrogens with zero attached hydrogens (tertiary/aromatic N) is 3. The fourth-order valence-corrected chi connectivity index (χ4v) is 6.03. The van der Waals surface area contributed by atoms with Gasteiger partial charge in [0.2, 0.25) is 15.9 Å². The SMILES string of the molecule is CCOC(=O)N1C[C@H](C)N(C(C)=O)c2ccc(-c3ccc(N4CCCS4(=O)=O)c(F)c3)cc21. The molecule has 1 saturated heterocycles. The Morgan fingerprint density at radius 3 is 2.33 bits per heavy atom. The molecule has 0 N–H and O–H groups in total. The Balaban J connectivity index is 1.76. The molecule has 0 bridgehead atoms. The number of hydrogen-bond donors (Lipinski definition) is 0. The zero-order valence-corrected chi connectivity index (χ0v) is 19.6. The minimum atomic E-state index is -3.50. The molecule has 0 saturated carbocycles. The second-order valence-electron chi connectivity index (χ2n) is 8.16. The van der Waals surface area contributed by atoms with Crippen LogP contribution >= 0.6 is 0 Å². The van der Waals surface area contributed by atoms with Gasteiger partial charge in [-0.3, -0.25) is 14.0 Å². The third-order valence-electron chi connectivity index (χ3n) is 5.89. The van der Waals surface area contributed by atoms with Crippen molar-refractivity contribution >= 4 is 39.1 Å². The van der Waals surface area contributed by atoms with E-state index in [1.54, 1.807) is 36.1 Å². The van der Waals surface area contributed by atoms with Crippen molar-refractivity contribution in [1.29, 1.82) is 0 Å². The molecule has 0 unspecified atom stereocenters. The first kappa shape index (κ1) is 23.0. The summed E-state index contributed by atoms with van der Waals surface area (Å²) in [6, 6.07) is 9.34. The van der Waals surface area contributed by atoms with Crippen molar-refractivity contribution in [3.63, 3.8) is 0 Å². The zero-order valence-electron chi connectivity index (χ0n) is 18.7. The summed E-state index contributed by atoms with van der Waals surface area (Å²) in [6.07, 6.45) is -0.0601. The number of ether oxygens (including phenoxy) is 1. The number of halogens is 1. The molecule has 176 valence electrons. The first-order valence-corrected chi connectivity index (χ1v) is 12.4. The van der Waals surface area contributed by atoms with E-state index in [1.165, 1.54) is 24.0 Å². The minimum Gasteiger partial charge on any atom is -0.449 e. The maximum absolute atomic E-state index is 15.0. The van der Waals surface area contributed by atoms with Gasteiger partial charge in [-0.05, 0) is 55.7 Å². The second kappa shape index (κ2) is 8.66. The molecule has 0 aliphatic carbocycles. The van der Waals surface area contributed by atoms with Gasteiger partial charge in [0.05, 0.1) is 35.5 Å². The van der Waals surface area contributed by atoms with E-state index in [9.17, 15) is 22.4 Å². The molecule has 0 aromatic heterocycles. The van der Waals surface area contributed by atoms with Crippen molar-refractivity contribution in [2.75, 3.05) is 39.6 Å². The Kier molecular flexibility index (Phi) is 6.04. The summed E-state index contributed by atoms with van der Waals surface area (Å²) in [4.78, 5) is 28.0. The predicted octanol–water partition coefficient (Wildman–Crippen LogP) is 3.75. The van der Waals surface area contributed by atoms with Gasteiger partial charge in [-0.25, -0.2) is 17.6 Å². The smallest absolute Gasteiger partial charge is 0.414 e. The summed E-state index contributed by atoms with van der Waals surface area (Å²) in [5.41, 5.74) is 2.23. The summed E-state index contributed by atoms with van der Waals surface area (Å²) in [5, 5.41) is 0. The van der Waals surface area contributed by atoms with Crippen LogP contribution in [0.3, 0.4) is 0 Å². The van der Waals surface area contributed by atoms with Gasteiger partial charge in [-0.1, -0.05) is 12.1 Å². The van der Waals surface area contributed by atoms with E-state index >= 15 is 0 Å². The van der Waals surface area contributed by atoms with Gasteiger partial charge in [0.15, 0.2) is 0 Å². The van der Waals surface area contributed by atoms with E-state index in [0.29, 0.717) is 28.9 Å². The molecular weight excluding hydrogens is 449 g/mol. The fourth-order valence-electron chi connectivity index (χ4n) is 4.46. The van der Waals surface area contributed by atoms with Crippen molar-refractivity contribution in [2.45, 2.75) is 33.2 Å². The average molecular weight is 476 g/mol. The maximum Gasteiger partial charge on any atom is 0.414 e. The molecular formula is C23H26FN3O5S. The van der Waals surface area contributed by atoms with Crippen molar-refractivity contribution in [3.8, 4) is 11.1 Å². The highest BCUT2D eigenvalue weighted by Gasteiger charge is 2.35. The lowest BCUT2D eigenvalue weighted by Crippen LogP contribution is -2.51. The monoisotopic (exact) mass is 475 g/mol. The summed E-state index contributed by atoms with van der Waals surface area (Å²) in [5.74, 6) is -0.785. The molecule has 1 atom stereocenters. The zero-order chi connectivity index (χ0) is 23.9. The number of fused-ring (bicyclic) bond motifs is 1. The predicted molar refractivity (Wildman–Crippen MR) is 125 cm³/mol. The largest absolute Gasteiger partial charge is 0.449 e. The molecule has 4 rings (SSSR count). The number of benzene rings is 2. The molecule has 1 fully saturated rings. The number of hydrogen-bond acceptors (Lipinski definition) is 5. The molecule has 10 heteroatoms. The standard InChI is InChI=1S/C23H26FN3O5S/c1-4-32-23(29)25-14-15(2)27(16(3)28)21-9-7-18(13-22(21)25)17-6-8-20(19(24)12-17)26-10-5-11-33(26,30)31/h6-9,12-13,15H,4-5,10-11,14H2,1-3H3/t15-/m0/s1. The number of rotatable bonds is 3. The van der Waals surface area contributed by atoms with Gasteiger partial charge in [-0.2, -0.15) is 0 Å². The van der Waals surface area contributed by atoms with Gasteiger partial charge in [0.1, 0.15) is 5.82 Å². The molecule has 0 spiro atoms. The molecule has 2 aromatic rings. The Morgan fingerprint density at radius 2 is 1.76 bits per heavy atom. The molecule has 0 radical (unpaired) electrons. The van der Waals surface area contributed by atoms with E-state index in [-0.39, 0.29) is 43.1 Å². The van der Waals surface area contributed by atoms with Crippen LogP contribution < -0.4 is 14.1 Å². The van der Waals surface area contributed by atoms with E-state index in [1.807, 2.05) is 6.92 Å². The molecule has 2 heterocycles. The number of anilines is 3. The maximum atomic E-state index is 15.0. The van der Waals surface area contributed by atoms with Crippen molar-refractivity contribution in [1.82, 2.24) is 0 Å². The van der Waals surface area contributed by atoms with Crippen molar-refractivity contribution in [2.24, 2.45) is 0 Å². The van der Waals surface area contributed by atoms with Gasteiger partial charge in [-0.15, -0.1) is 0 Å². The average Bonchev–Trinajstić information content (AvgIpc) is 3.11. The highest BCUT2D eigenvalue weighted by Crippen LogP contribution is 2.40. The third kappa shape index (κ3) is 4.15. The van der Waals surface area contributed by atoms with E-state index in [2.05, 4.69) is 0 Å². The number of sulfonamides is 1. The van der Waals surface area contributed by atoms with E-state index in [4.69, 9.17) is 4.74 Å². The summed E-state index contributed by atoms with van der Waals surface area (Å²) in [6.45, 7) is 5.76. The minimum absolute atomic E-state index is 0.00772. The van der Waals surface area contributed by atoms with Crippen LogP contribution in [0.5, 0.6) is 0 Å². The number of amides is 2. The van der Waals surface area contributed by atoms with Gasteiger partial charge < -0.3 is 9.64 Å².